The molecule has 1 atom stereocenters. The highest BCUT2D eigenvalue weighted by atomic mass is 32.1. The van der Waals surface area contributed by atoms with Gasteiger partial charge in [-0.05, 0) is 6.92 Å². The Labute approximate surface area is 109 Å². The van der Waals surface area contributed by atoms with Crippen molar-refractivity contribution in [1.29, 1.82) is 0 Å². The van der Waals surface area contributed by atoms with Crippen molar-refractivity contribution < 1.29 is 9.84 Å². The van der Waals surface area contributed by atoms with Crippen LogP contribution in [0.2, 0.25) is 0 Å². The van der Waals surface area contributed by atoms with Gasteiger partial charge in [0, 0.05) is 32.7 Å². The van der Waals surface area contributed by atoms with Crippen LogP contribution in [0, 0.1) is 0 Å². The molecule has 5 nitrogen and oxygen atoms in total. The minimum Gasteiger partial charge on any atom is -0.394 e. The Morgan fingerprint density at radius 3 is 2.53 bits per heavy atom. The van der Waals surface area contributed by atoms with Gasteiger partial charge in [-0.1, -0.05) is 12.2 Å². The minimum absolute atomic E-state index is 0.0965. The maximum absolute atomic E-state index is 8.58. The van der Waals surface area contributed by atoms with Crippen LogP contribution in [0.3, 0.4) is 0 Å². The van der Waals surface area contributed by atoms with Gasteiger partial charge in [-0.15, -0.1) is 0 Å². The minimum atomic E-state index is 0.0965. The Kier molecular flexibility index (Phi) is 6.91. The van der Waals surface area contributed by atoms with E-state index in [0.29, 0.717) is 18.2 Å². The molecule has 100 valence electrons. The molecule has 1 aliphatic rings. The highest BCUT2D eigenvalue weighted by Crippen LogP contribution is 2.06. The smallest absolute Gasteiger partial charge is 0.0899 e. The monoisotopic (exact) mass is 261 g/mol. The standard InChI is InChI=1S/C11H23N3O2S/c1-10(11(12)17)14-4-2-13(3-5-14)6-8-16-9-7-15/h10,15H,2-9H2,1H3,(H2,12,17). The fourth-order valence-electron chi connectivity index (χ4n) is 1.91. The van der Waals surface area contributed by atoms with Gasteiger partial charge in [-0.3, -0.25) is 9.80 Å². The lowest BCUT2D eigenvalue weighted by Crippen LogP contribution is -2.53. The van der Waals surface area contributed by atoms with Crippen molar-refractivity contribution in [3.63, 3.8) is 0 Å². The molecule has 1 heterocycles. The normalized spacial score (nSPS) is 20.4. The number of nitrogens with zero attached hydrogens (tertiary/aromatic N) is 2. The lowest BCUT2D eigenvalue weighted by Gasteiger charge is -2.37. The first-order valence-electron chi connectivity index (χ1n) is 6.09. The Morgan fingerprint density at radius 1 is 1.35 bits per heavy atom. The van der Waals surface area contributed by atoms with E-state index < -0.39 is 0 Å². The number of ether oxygens (including phenoxy) is 1. The third kappa shape index (κ3) is 5.27. The molecule has 1 saturated heterocycles. The van der Waals surface area contributed by atoms with Gasteiger partial charge < -0.3 is 15.6 Å². The number of nitrogens with two attached hydrogens (primary N) is 1. The molecule has 0 aromatic carbocycles. The van der Waals surface area contributed by atoms with E-state index in [-0.39, 0.29) is 12.6 Å². The number of aliphatic hydroxyl groups is 1. The molecule has 17 heavy (non-hydrogen) atoms. The molecule has 0 aromatic rings. The van der Waals surface area contributed by atoms with E-state index in [2.05, 4.69) is 16.7 Å². The van der Waals surface area contributed by atoms with Crippen LogP contribution in [0.4, 0.5) is 0 Å². The predicted molar refractivity (Wildman–Crippen MR) is 72.2 cm³/mol. The van der Waals surface area contributed by atoms with Crippen LogP contribution < -0.4 is 5.73 Å². The molecule has 0 aliphatic carbocycles. The van der Waals surface area contributed by atoms with E-state index >= 15 is 0 Å². The van der Waals surface area contributed by atoms with E-state index in [1.165, 1.54) is 0 Å². The number of rotatable bonds is 7. The van der Waals surface area contributed by atoms with Gasteiger partial charge >= 0.3 is 0 Å². The quantitative estimate of drug-likeness (QED) is 0.466. The van der Waals surface area contributed by atoms with Crippen LogP contribution >= 0.6 is 12.2 Å². The third-order valence-electron chi connectivity index (χ3n) is 3.15. The van der Waals surface area contributed by atoms with Crippen molar-refractivity contribution in [1.82, 2.24) is 9.80 Å². The van der Waals surface area contributed by atoms with E-state index in [1.54, 1.807) is 0 Å². The zero-order valence-corrected chi connectivity index (χ0v) is 11.3. The summed E-state index contributed by atoms with van der Waals surface area (Å²) in [6.07, 6.45) is 0. The maximum atomic E-state index is 8.58. The molecule has 3 N–H and O–H groups in total. The number of piperazine rings is 1. The second-order valence-electron chi connectivity index (χ2n) is 4.29. The molecular formula is C11H23N3O2S. The van der Waals surface area contributed by atoms with Crippen molar-refractivity contribution >= 4 is 17.2 Å². The summed E-state index contributed by atoms with van der Waals surface area (Å²) in [5, 5.41) is 8.58. The van der Waals surface area contributed by atoms with Crippen molar-refractivity contribution in [3.8, 4) is 0 Å². The molecule has 0 spiro atoms. The zero-order valence-electron chi connectivity index (χ0n) is 10.5. The number of aliphatic hydroxyl groups excluding tert-OH is 1. The van der Waals surface area contributed by atoms with Crippen LogP contribution in [0.5, 0.6) is 0 Å². The molecule has 6 heteroatoms. The molecular weight excluding hydrogens is 238 g/mol. The number of hydrogen-bond acceptors (Lipinski definition) is 5. The Hall–Kier alpha value is -0.270. The molecule has 1 rings (SSSR count). The highest BCUT2D eigenvalue weighted by molar-refractivity contribution is 7.80. The van der Waals surface area contributed by atoms with Crippen LogP contribution in [0.1, 0.15) is 6.92 Å². The summed E-state index contributed by atoms with van der Waals surface area (Å²) in [7, 11) is 0. The summed E-state index contributed by atoms with van der Waals surface area (Å²) < 4.78 is 5.25. The Balaban J connectivity index is 2.15. The van der Waals surface area contributed by atoms with Crippen molar-refractivity contribution in [2.24, 2.45) is 5.73 Å². The van der Waals surface area contributed by atoms with Crippen LogP contribution in [0.25, 0.3) is 0 Å². The van der Waals surface area contributed by atoms with Gasteiger partial charge in [0.05, 0.1) is 30.9 Å². The lowest BCUT2D eigenvalue weighted by molar-refractivity contribution is 0.0555. The first-order valence-corrected chi connectivity index (χ1v) is 6.50. The van der Waals surface area contributed by atoms with Crippen molar-refractivity contribution in [3.05, 3.63) is 0 Å². The first kappa shape index (κ1) is 14.8. The largest absolute Gasteiger partial charge is 0.394 e. The van der Waals surface area contributed by atoms with Gasteiger partial charge in [0.25, 0.3) is 0 Å². The average Bonchev–Trinajstić information content (AvgIpc) is 2.34. The van der Waals surface area contributed by atoms with Gasteiger partial charge in [0.2, 0.25) is 0 Å². The van der Waals surface area contributed by atoms with E-state index in [0.717, 1.165) is 32.7 Å². The van der Waals surface area contributed by atoms with Crippen molar-refractivity contribution in [2.75, 3.05) is 52.5 Å². The van der Waals surface area contributed by atoms with Crippen LogP contribution in [-0.2, 0) is 4.74 Å². The summed E-state index contributed by atoms with van der Waals surface area (Å²) in [5.41, 5.74) is 5.65. The van der Waals surface area contributed by atoms with Gasteiger partial charge in [-0.2, -0.15) is 0 Å². The molecule has 0 amide bonds. The van der Waals surface area contributed by atoms with Gasteiger partial charge in [0.15, 0.2) is 0 Å². The van der Waals surface area contributed by atoms with E-state index in [4.69, 9.17) is 27.8 Å². The molecule has 1 unspecified atom stereocenters. The molecule has 0 bridgehead atoms. The van der Waals surface area contributed by atoms with Crippen molar-refractivity contribution in [2.45, 2.75) is 13.0 Å². The molecule has 0 radical (unpaired) electrons. The average molecular weight is 261 g/mol. The van der Waals surface area contributed by atoms with Crippen LogP contribution in [-0.4, -0.2) is 78.5 Å². The topological polar surface area (TPSA) is 62.0 Å². The van der Waals surface area contributed by atoms with E-state index in [1.807, 2.05) is 0 Å². The predicted octanol–water partition coefficient (Wildman–Crippen LogP) is -0.712. The summed E-state index contributed by atoms with van der Waals surface area (Å²) in [6.45, 7) is 8.24. The molecule has 1 fully saturated rings. The number of hydrogen-bond donors (Lipinski definition) is 2. The zero-order chi connectivity index (χ0) is 12.7. The summed E-state index contributed by atoms with van der Waals surface area (Å²) >= 11 is 5.01. The Morgan fingerprint density at radius 2 is 2.00 bits per heavy atom. The molecule has 1 aliphatic heterocycles. The summed E-state index contributed by atoms with van der Waals surface area (Å²) in [4.78, 5) is 5.25. The molecule has 0 aromatic heterocycles. The highest BCUT2D eigenvalue weighted by Gasteiger charge is 2.21. The summed E-state index contributed by atoms with van der Waals surface area (Å²) in [5.74, 6) is 0. The van der Waals surface area contributed by atoms with Gasteiger partial charge in [0.1, 0.15) is 0 Å². The first-order chi connectivity index (χ1) is 8.15. The molecule has 0 saturated carbocycles. The third-order valence-corrected chi connectivity index (χ3v) is 3.49. The van der Waals surface area contributed by atoms with E-state index in [9.17, 15) is 0 Å². The summed E-state index contributed by atoms with van der Waals surface area (Å²) in [6, 6.07) is 0.192. The fraction of sp³-hybridized carbons (Fsp3) is 0.909. The number of thiocarbonyl (C=S) groups is 1. The van der Waals surface area contributed by atoms with Gasteiger partial charge in [-0.25, -0.2) is 0 Å². The Bertz CT molecular complexity index is 233. The lowest BCUT2D eigenvalue weighted by atomic mass is 10.2. The van der Waals surface area contributed by atoms with Crippen LogP contribution in [0.15, 0.2) is 0 Å². The fourth-order valence-corrected chi connectivity index (χ4v) is 2.06. The SMILES string of the molecule is CC(C(N)=S)N1CCN(CCOCCO)CC1. The second kappa shape index (κ2) is 7.94. The maximum Gasteiger partial charge on any atom is 0.0899 e. The second-order valence-corrected chi connectivity index (χ2v) is 4.76.